The van der Waals surface area contributed by atoms with E-state index in [9.17, 15) is 4.79 Å². The van der Waals surface area contributed by atoms with Gasteiger partial charge in [0.25, 0.3) is 5.91 Å². The molecule has 6 nitrogen and oxygen atoms in total. The molecule has 1 amide bonds. The number of hydrogen-bond donors (Lipinski definition) is 1. The van der Waals surface area contributed by atoms with Gasteiger partial charge in [0.05, 0.1) is 0 Å². The summed E-state index contributed by atoms with van der Waals surface area (Å²) < 4.78 is 6.24. The van der Waals surface area contributed by atoms with Gasteiger partial charge in [-0.3, -0.25) is 19.7 Å². The molecule has 2 aliphatic heterocycles. The molecule has 1 saturated heterocycles. The van der Waals surface area contributed by atoms with Crippen molar-refractivity contribution < 1.29 is 9.53 Å². The van der Waals surface area contributed by atoms with Gasteiger partial charge >= 0.3 is 0 Å². The summed E-state index contributed by atoms with van der Waals surface area (Å²) in [6.07, 6.45) is 10.1. The van der Waals surface area contributed by atoms with E-state index >= 15 is 0 Å². The van der Waals surface area contributed by atoms with Gasteiger partial charge in [0.15, 0.2) is 0 Å². The fourth-order valence-electron chi connectivity index (χ4n) is 5.16. The number of amides is 1. The van der Waals surface area contributed by atoms with Gasteiger partial charge in [-0.2, -0.15) is 0 Å². The molecular formula is C20H26N4O2. The number of piperidine rings is 1. The minimum absolute atomic E-state index is 0.313. The Kier molecular flexibility index (Phi) is 4.63. The number of carbonyl (C=O) groups is 1. The first-order valence-corrected chi connectivity index (χ1v) is 9.37. The second-order valence-electron chi connectivity index (χ2n) is 7.63. The summed E-state index contributed by atoms with van der Waals surface area (Å²) in [6.45, 7) is 2.97. The zero-order valence-corrected chi connectivity index (χ0v) is 15.2. The van der Waals surface area contributed by atoms with E-state index in [1.54, 1.807) is 13.3 Å². The fraction of sp³-hybridized carbons (Fsp3) is 0.550. The minimum Gasteiger partial charge on any atom is -0.373 e. The highest BCUT2D eigenvalue weighted by Crippen LogP contribution is 2.51. The van der Waals surface area contributed by atoms with Crippen molar-refractivity contribution in [3.05, 3.63) is 41.4 Å². The van der Waals surface area contributed by atoms with E-state index < -0.39 is 5.91 Å². The van der Waals surface area contributed by atoms with Crippen LogP contribution in [-0.4, -0.2) is 48.7 Å². The topological polar surface area (TPSA) is 80.8 Å². The highest BCUT2D eigenvalue weighted by atomic mass is 16.5. The van der Waals surface area contributed by atoms with E-state index in [0.29, 0.717) is 17.5 Å². The lowest BCUT2D eigenvalue weighted by atomic mass is 9.62. The Balaban J connectivity index is 1.64. The van der Waals surface area contributed by atoms with Gasteiger partial charge in [-0.25, -0.2) is 0 Å². The number of primary amides is 1. The number of aromatic nitrogens is 1. The first-order chi connectivity index (χ1) is 12.6. The Labute approximate surface area is 154 Å². The summed E-state index contributed by atoms with van der Waals surface area (Å²) >= 11 is 0. The molecular weight excluding hydrogens is 328 g/mol. The lowest BCUT2D eigenvalue weighted by Crippen LogP contribution is -2.59. The maximum absolute atomic E-state index is 11.6. The molecule has 0 radical (unpaired) electrons. The van der Waals surface area contributed by atoms with Crippen molar-refractivity contribution >= 4 is 12.1 Å². The van der Waals surface area contributed by atoms with Crippen LogP contribution in [0.2, 0.25) is 0 Å². The summed E-state index contributed by atoms with van der Waals surface area (Å²) in [5.74, 6) is 0.297. The number of carbonyl (C=O) groups excluding carboxylic acids is 1. The first kappa shape index (κ1) is 17.4. The normalized spacial score (nSPS) is 31.0. The lowest BCUT2D eigenvalue weighted by molar-refractivity contribution is -0.167. The predicted octanol–water partition coefficient (Wildman–Crippen LogP) is 2.11. The molecule has 2 unspecified atom stereocenters. The largest absolute Gasteiger partial charge is 0.373 e. The highest BCUT2D eigenvalue weighted by Gasteiger charge is 2.53. The number of likely N-dealkylation sites (tertiary alicyclic amines) is 1. The summed E-state index contributed by atoms with van der Waals surface area (Å²) in [6, 6.07) is 3.82. The number of ether oxygens (including phenoxy) is 1. The van der Waals surface area contributed by atoms with E-state index in [1.165, 1.54) is 12.0 Å². The number of rotatable bonds is 5. The molecule has 1 aliphatic carbocycles. The summed E-state index contributed by atoms with van der Waals surface area (Å²) in [4.78, 5) is 22.5. The quantitative estimate of drug-likeness (QED) is 0.878. The average Bonchev–Trinajstić information content (AvgIpc) is 3.14. The maximum atomic E-state index is 11.6. The number of aliphatic imine (C=N–C) groups is 1. The summed E-state index contributed by atoms with van der Waals surface area (Å²) in [5, 5.41) is 0. The van der Waals surface area contributed by atoms with Crippen LogP contribution in [0.3, 0.4) is 0 Å². The van der Waals surface area contributed by atoms with Gasteiger partial charge in [0.1, 0.15) is 11.3 Å². The van der Waals surface area contributed by atoms with Crippen LogP contribution in [0.5, 0.6) is 0 Å². The molecule has 2 bridgehead atoms. The molecule has 4 rings (SSSR count). The number of methoxy groups -OCH3 is 1. The molecule has 2 atom stereocenters. The van der Waals surface area contributed by atoms with Crippen molar-refractivity contribution in [2.24, 2.45) is 22.6 Å². The summed E-state index contributed by atoms with van der Waals surface area (Å²) in [7, 11) is 1.80. The second-order valence-corrected chi connectivity index (χ2v) is 7.63. The molecule has 138 valence electrons. The van der Waals surface area contributed by atoms with Crippen molar-refractivity contribution in [2.45, 2.75) is 31.3 Å². The Morgan fingerprint density at radius 2 is 2.15 bits per heavy atom. The smallest absolute Gasteiger partial charge is 0.267 e. The molecule has 1 aromatic rings. The van der Waals surface area contributed by atoms with Crippen molar-refractivity contribution in [3.63, 3.8) is 0 Å². The minimum atomic E-state index is -0.492. The first-order valence-electron chi connectivity index (χ1n) is 9.37. The van der Waals surface area contributed by atoms with E-state index in [-0.39, 0.29) is 5.60 Å². The van der Waals surface area contributed by atoms with E-state index in [2.05, 4.69) is 14.9 Å². The van der Waals surface area contributed by atoms with Crippen LogP contribution >= 0.6 is 0 Å². The number of fused-ring (bicyclic) bond motifs is 2. The Morgan fingerprint density at radius 1 is 1.38 bits per heavy atom. The van der Waals surface area contributed by atoms with Crippen LogP contribution in [-0.2, 0) is 10.3 Å². The summed E-state index contributed by atoms with van der Waals surface area (Å²) in [5.41, 5.74) is 7.84. The number of nitrogens with two attached hydrogens (primary N) is 1. The van der Waals surface area contributed by atoms with Crippen molar-refractivity contribution in [1.29, 1.82) is 0 Å². The van der Waals surface area contributed by atoms with Crippen LogP contribution < -0.4 is 5.73 Å². The van der Waals surface area contributed by atoms with Crippen LogP contribution in [0.15, 0.2) is 35.1 Å². The standard InChI is InChI=1S/C20H26N4O2/c1-26-20(15-6-8-23-18(9-15)19(21)25)16-3-2-4-17(20)13-24(12-16)11-14-5-7-22-10-14/h6-10,16-17H,2-5,11-13H2,1H3,(H2,21,25). The molecule has 2 fully saturated rings. The zero-order valence-electron chi connectivity index (χ0n) is 15.2. The Hall–Kier alpha value is -2.05. The number of pyridine rings is 1. The molecule has 6 heteroatoms. The SMILES string of the molecule is COC1(c2ccnc(C(N)=O)c2)C2CCCC1CN(CC1=CN=CC1)C2. The van der Waals surface area contributed by atoms with Crippen molar-refractivity contribution in [2.75, 3.05) is 26.7 Å². The fourth-order valence-corrected chi connectivity index (χ4v) is 5.16. The molecule has 1 saturated carbocycles. The van der Waals surface area contributed by atoms with E-state index in [1.807, 2.05) is 24.5 Å². The van der Waals surface area contributed by atoms with Gasteiger partial charge in [-0.1, -0.05) is 6.42 Å². The van der Waals surface area contributed by atoms with E-state index in [0.717, 1.165) is 44.5 Å². The van der Waals surface area contributed by atoms with Crippen LogP contribution in [0.1, 0.15) is 41.7 Å². The Bertz CT molecular complexity index is 744. The zero-order chi connectivity index (χ0) is 18.1. The van der Waals surface area contributed by atoms with Crippen LogP contribution in [0.25, 0.3) is 0 Å². The van der Waals surface area contributed by atoms with Gasteiger partial charge in [-0.05, 0) is 36.1 Å². The lowest BCUT2D eigenvalue weighted by Gasteiger charge is -2.55. The van der Waals surface area contributed by atoms with E-state index in [4.69, 9.17) is 10.5 Å². The highest BCUT2D eigenvalue weighted by molar-refractivity contribution is 5.90. The number of hydrogen-bond acceptors (Lipinski definition) is 5. The molecule has 26 heavy (non-hydrogen) atoms. The third kappa shape index (κ3) is 2.87. The average molecular weight is 354 g/mol. The molecule has 3 aliphatic rings. The third-order valence-corrected chi connectivity index (χ3v) is 6.22. The van der Waals surface area contributed by atoms with Gasteiger partial charge in [0.2, 0.25) is 0 Å². The van der Waals surface area contributed by atoms with Crippen molar-refractivity contribution in [3.8, 4) is 0 Å². The maximum Gasteiger partial charge on any atom is 0.267 e. The monoisotopic (exact) mass is 354 g/mol. The van der Waals surface area contributed by atoms with Gasteiger partial charge < -0.3 is 10.5 Å². The van der Waals surface area contributed by atoms with Crippen molar-refractivity contribution in [1.82, 2.24) is 9.88 Å². The molecule has 2 N–H and O–H groups in total. The molecule has 3 heterocycles. The predicted molar refractivity (Wildman–Crippen MR) is 99.9 cm³/mol. The second kappa shape index (κ2) is 6.93. The molecule has 0 spiro atoms. The Morgan fingerprint density at radius 3 is 2.77 bits per heavy atom. The van der Waals surface area contributed by atoms with Gasteiger partial charge in [0, 0.05) is 63.6 Å². The van der Waals surface area contributed by atoms with Crippen LogP contribution in [0.4, 0.5) is 0 Å². The van der Waals surface area contributed by atoms with Crippen LogP contribution in [0, 0.1) is 11.8 Å². The van der Waals surface area contributed by atoms with Gasteiger partial charge in [-0.15, -0.1) is 0 Å². The number of nitrogens with zero attached hydrogens (tertiary/aromatic N) is 3. The third-order valence-electron chi connectivity index (χ3n) is 6.22. The molecule has 1 aromatic heterocycles. The molecule has 0 aromatic carbocycles.